The minimum absolute atomic E-state index is 0.0853. The number of hydrogen-bond acceptors (Lipinski definition) is 4. The van der Waals surface area contributed by atoms with Gasteiger partial charge in [-0.15, -0.1) is 0 Å². The number of halogens is 2. The third-order valence-corrected chi connectivity index (χ3v) is 5.13. The van der Waals surface area contributed by atoms with Crippen LogP contribution in [0.3, 0.4) is 0 Å². The normalized spacial score (nSPS) is 17.0. The second-order valence-corrected chi connectivity index (χ2v) is 7.67. The van der Waals surface area contributed by atoms with E-state index in [4.69, 9.17) is 27.9 Å². The third-order valence-electron chi connectivity index (χ3n) is 4.58. The summed E-state index contributed by atoms with van der Waals surface area (Å²) in [6.45, 7) is 3.32. The Bertz CT molecular complexity index is 848. The van der Waals surface area contributed by atoms with Gasteiger partial charge in [-0.1, -0.05) is 53.5 Å². The van der Waals surface area contributed by atoms with E-state index in [0.717, 1.165) is 19.6 Å². The first-order valence-electron chi connectivity index (χ1n) is 9.39. The highest BCUT2D eigenvalue weighted by atomic mass is 35.5. The van der Waals surface area contributed by atoms with Crippen LogP contribution in [-0.2, 0) is 16.1 Å². The average Bonchev–Trinajstić information content (AvgIpc) is 2.71. The Balaban J connectivity index is 1.40. The van der Waals surface area contributed by atoms with Crippen molar-refractivity contribution in [2.24, 2.45) is 0 Å². The number of carbonyl (C=O) groups excluding carboxylic acids is 2. The smallest absolute Gasteiger partial charge is 0.253 e. The van der Waals surface area contributed by atoms with E-state index in [0.29, 0.717) is 18.2 Å². The molecule has 1 heterocycles. The molecule has 8 heteroatoms. The number of carbonyl (C=O) groups is 2. The molecule has 0 saturated carbocycles. The highest BCUT2D eigenvalue weighted by Gasteiger charge is 2.21. The van der Waals surface area contributed by atoms with E-state index in [-0.39, 0.29) is 29.1 Å². The van der Waals surface area contributed by atoms with Crippen LogP contribution in [-0.4, -0.2) is 55.6 Å². The van der Waals surface area contributed by atoms with Crippen molar-refractivity contribution >= 4 is 35.0 Å². The molecule has 0 bridgehead atoms. The molecule has 1 unspecified atom stereocenters. The zero-order valence-electron chi connectivity index (χ0n) is 15.9. The Morgan fingerprint density at radius 2 is 1.90 bits per heavy atom. The van der Waals surface area contributed by atoms with Gasteiger partial charge in [0.2, 0.25) is 5.91 Å². The van der Waals surface area contributed by atoms with Crippen molar-refractivity contribution in [2.75, 3.05) is 32.8 Å². The van der Waals surface area contributed by atoms with E-state index < -0.39 is 5.91 Å². The predicted molar refractivity (Wildman–Crippen MR) is 113 cm³/mol. The molecule has 1 aliphatic rings. The first-order valence-corrected chi connectivity index (χ1v) is 10.1. The molecule has 0 radical (unpaired) electrons. The molecule has 3 rings (SSSR count). The molecule has 29 heavy (non-hydrogen) atoms. The molecule has 6 nitrogen and oxygen atoms in total. The van der Waals surface area contributed by atoms with Gasteiger partial charge >= 0.3 is 0 Å². The number of rotatable bonds is 7. The van der Waals surface area contributed by atoms with E-state index in [1.54, 1.807) is 6.07 Å². The van der Waals surface area contributed by atoms with Crippen molar-refractivity contribution in [1.82, 2.24) is 15.5 Å². The maximum absolute atomic E-state index is 12.2. The second kappa shape index (κ2) is 10.6. The zero-order valence-corrected chi connectivity index (χ0v) is 17.4. The summed E-state index contributed by atoms with van der Waals surface area (Å²) in [5, 5.41) is 6.05. The van der Waals surface area contributed by atoms with Gasteiger partial charge in [-0.05, 0) is 23.8 Å². The van der Waals surface area contributed by atoms with Gasteiger partial charge in [-0.25, -0.2) is 0 Å². The van der Waals surface area contributed by atoms with E-state index in [9.17, 15) is 9.59 Å². The molecule has 2 amide bonds. The molecule has 1 fully saturated rings. The predicted octanol–water partition coefficient (Wildman–Crippen LogP) is 2.74. The summed E-state index contributed by atoms with van der Waals surface area (Å²) < 4.78 is 5.74. The SMILES string of the molecule is O=C(CNC(=O)c1ccc(Cl)cc1Cl)NCC1CN(Cc2ccccc2)CCO1. The molecule has 154 valence electrons. The second-order valence-electron chi connectivity index (χ2n) is 6.82. The fraction of sp³-hybridized carbons (Fsp3) is 0.333. The molecule has 0 spiro atoms. The lowest BCUT2D eigenvalue weighted by atomic mass is 10.2. The summed E-state index contributed by atoms with van der Waals surface area (Å²) in [4.78, 5) is 26.5. The number of morpholine rings is 1. The molecule has 2 aromatic carbocycles. The summed E-state index contributed by atoms with van der Waals surface area (Å²) in [6, 6.07) is 14.8. The van der Waals surface area contributed by atoms with Gasteiger partial charge in [-0.3, -0.25) is 14.5 Å². The Morgan fingerprint density at radius 1 is 1.10 bits per heavy atom. The van der Waals surface area contributed by atoms with Crippen molar-refractivity contribution in [1.29, 1.82) is 0 Å². The van der Waals surface area contributed by atoms with Crippen LogP contribution in [0.1, 0.15) is 15.9 Å². The van der Waals surface area contributed by atoms with Crippen LogP contribution in [0.25, 0.3) is 0 Å². The van der Waals surface area contributed by atoms with Crippen LogP contribution in [0.15, 0.2) is 48.5 Å². The van der Waals surface area contributed by atoms with Gasteiger partial charge in [0, 0.05) is 31.2 Å². The molecule has 0 aliphatic carbocycles. The first kappa shape index (κ1) is 21.6. The van der Waals surface area contributed by atoms with E-state index in [1.807, 2.05) is 18.2 Å². The molecule has 1 atom stereocenters. The van der Waals surface area contributed by atoms with Crippen LogP contribution in [0.2, 0.25) is 10.0 Å². The summed E-state index contributed by atoms with van der Waals surface area (Å²) in [5.41, 5.74) is 1.52. The minimum atomic E-state index is -0.426. The topological polar surface area (TPSA) is 70.7 Å². The molecule has 2 aromatic rings. The standard InChI is InChI=1S/C21H23Cl2N3O3/c22-16-6-7-18(19(23)10-16)21(28)25-12-20(27)24-11-17-14-26(8-9-29-17)13-15-4-2-1-3-5-15/h1-7,10,17H,8-9,11-14H2,(H,24,27)(H,25,28). The average molecular weight is 436 g/mol. The lowest BCUT2D eigenvalue weighted by Crippen LogP contribution is -2.48. The quantitative estimate of drug-likeness (QED) is 0.701. The number of nitrogens with one attached hydrogen (secondary N) is 2. The van der Waals surface area contributed by atoms with Crippen LogP contribution in [0, 0.1) is 0 Å². The number of amides is 2. The van der Waals surface area contributed by atoms with Gasteiger partial charge in [-0.2, -0.15) is 0 Å². The van der Waals surface area contributed by atoms with Crippen molar-refractivity contribution in [3.63, 3.8) is 0 Å². The molecular weight excluding hydrogens is 413 g/mol. The summed E-state index contributed by atoms with van der Waals surface area (Å²) in [5.74, 6) is -0.711. The van der Waals surface area contributed by atoms with E-state index >= 15 is 0 Å². The van der Waals surface area contributed by atoms with Crippen LogP contribution in [0.5, 0.6) is 0 Å². The largest absolute Gasteiger partial charge is 0.374 e. The molecular formula is C21H23Cl2N3O3. The van der Waals surface area contributed by atoms with Gasteiger partial charge in [0.15, 0.2) is 0 Å². The molecule has 1 aliphatic heterocycles. The number of ether oxygens (including phenoxy) is 1. The molecule has 1 saturated heterocycles. The highest BCUT2D eigenvalue weighted by molar-refractivity contribution is 6.36. The number of hydrogen-bond donors (Lipinski definition) is 2. The minimum Gasteiger partial charge on any atom is -0.374 e. The Kier molecular flexibility index (Phi) is 7.89. The van der Waals surface area contributed by atoms with Gasteiger partial charge < -0.3 is 15.4 Å². The first-order chi connectivity index (χ1) is 14.0. The Morgan fingerprint density at radius 3 is 2.66 bits per heavy atom. The monoisotopic (exact) mass is 435 g/mol. The van der Waals surface area contributed by atoms with Crippen molar-refractivity contribution in [3.8, 4) is 0 Å². The summed E-state index contributed by atoms with van der Waals surface area (Å²) in [6.07, 6.45) is -0.0853. The lowest BCUT2D eigenvalue weighted by Gasteiger charge is -2.33. The van der Waals surface area contributed by atoms with E-state index in [1.165, 1.54) is 17.7 Å². The maximum Gasteiger partial charge on any atom is 0.253 e. The van der Waals surface area contributed by atoms with Crippen LogP contribution >= 0.6 is 23.2 Å². The Hall–Kier alpha value is -2.12. The van der Waals surface area contributed by atoms with Crippen molar-refractivity contribution in [2.45, 2.75) is 12.6 Å². The summed E-state index contributed by atoms with van der Waals surface area (Å²) in [7, 11) is 0. The van der Waals surface area contributed by atoms with E-state index in [2.05, 4.69) is 27.7 Å². The van der Waals surface area contributed by atoms with Crippen LogP contribution in [0.4, 0.5) is 0 Å². The summed E-state index contributed by atoms with van der Waals surface area (Å²) >= 11 is 11.8. The zero-order chi connectivity index (χ0) is 20.6. The molecule has 2 N–H and O–H groups in total. The maximum atomic E-state index is 12.2. The fourth-order valence-corrected chi connectivity index (χ4v) is 3.60. The molecule has 0 aromatic heterocycles. The lowest BCUT2D eigenvalue weighted by molar-refractivity contribution is -0.121. The fourth-order valence-electron chi connectivity index (χ4n) is 3.11. The third kappa shape index (κ3) is 6.72. The van der Waals surface area contributed by atoms with Gasteiger partial charge in [0.05, 0.1) is 29.8 Å². The van der Waals surface area contributed by atoms with Crippen molar-refractivity contribution in [3.05, 3.63) is 69.7 Å². The number of nitrogens with zero attached hydrogens (tertiary/aromatic N) is 1. The van der Waals surface area contributed by atoms with Crippen LogP contribution < -0.4 is 10.6 Å². The van der Waals surface area contributed by atoms with Gasteiger partial charge in [0.25, 0.3) is 5.91 Å². The van der Waals surface area contributed by atoms with Crippen molar-refractivity contribution < 1.29 is 14.3 Å². The van der Waals surface area contributed by atoms with Gasteiger partial charge in [0.1, 0.15) is 0 Å². The Labute approximate surface area is 180 Å². The highest BCUT2D eigenvalue weighted by Crippen LogP contribution is 2.20. The number of benzene rings is 2.